The zero-order valence-corrected chi connectivity index (χ0v) is 12.5. The van der Waals surface area contributed by atoms with Crippen LogP contribution >= 0.6 is 0 Å². The van der Waals surface area contributed by atoms with Gasteiger partial charge in [0.1, 0.15) is 5.82 Å². The highest BCUT2D eigenvalue weighted by molar-refractivity contribution is 6.09. The standard InChI is InChI=1S/C17H17FO3/c1-10-5-6-12(7-11(10)2)17(19)13-8-15(20-3)16(21-4)9-14(13)18/h5-9H,1-4H3. The maximum absolute atomic E-state index is 14.1. The van der Waals surface area contributed by atoms with Crippen molar-refractivity contribution >= 4 is 5.78 Å². The Hall–Kier alpha value is -2.36. The van der Waals surface area contributed by atoms with E-state index in [-0.39, 0.29) is 17.1 Å². The Kier molecular flexibility index (Phi) is 4.26. The minimum atomic E-state index is -0.629. The maximum Gasteiger partial charge on any atom is 0.196 e. The molecule has 0 amide bonds. The molecule has 0 N–H and O–H groups in total. The summed E-state index contributed by atoms with van der Waals surface area (Å²) in [5.41, 5.74) is 2.49. The Morgan fingerprint density at radius 2 is 1.57 bits per heavy atom. The Bertz CT molecular complexity index is 693. The van der Waals surface area contributed by atoms with E-state index in [1.807, 2.05) is 19.9 Å². The zero-order valence-electron chi connectivity index (χ0n) is 12.5. The molecule has 0 atom stereocenters. The van der Waals surface area contributed by atoms with E-state index in [1.165, 1.54) is 20.3 Å². The molecular formula is C17H17FO3. The summed E-state index contributed by atoms with van der Waals surface area (Å²) >= 11 is 0. The van der Waals surface area contributed by atoms with Gasteiger partial charge in [-0.1, -0.05) is 12.1 Å². The van der Waals surface area contributed by atoms with Crippen molar-refractivity contribution in [3.63, 3.8) is 0 Å². The SMILES string of the molecule is COc1cc(F)c(C(=O)c2ccc(C)c(C)c2)cc1OC. The molecule has 0 aliphatic heterocycles. The molecule has 2 aromatic rings. The van der Waals surface area contributed by atoms with Gasteiger partial charge in [0, 0.05) is 11.6 Å². The highest BCUT2D eigenvalue weighted by Crippen LogP contribution is 2.31. The Balaban J connectivity index is 2.50. The van der Waals surface area contributed by atoms with Crippen molar-refractivity contribution in [2.75, 3.05) is 14.2 Å². The normalized spacial score (nSPS) is 10.3. The van der Waals surface area contributed by atoms with Gasteiger partial charge in [-0.05, 0) is 37.1 Å². The van der Waals surface area contributed by atoms with E-state index < -0.39 is 5.82 Å². The lowest BCUT2D eigenvalue weighted by atomic mass is 9.98. The quantitative estimate of drug-likeness (QED) is 0.805. The largest absolute Gasteiger partial charge is 0.493 e. The monoisotopic (exact) mass is 288 g/mol. The number of hydrogen-bond donors (Lipinski definition) is 0. The summed E-state index contributed by atoms with van der Waals surface area (Å²) in [5, 5.41) is 0. The number of carbonyl (C=O) groups is 1. The van der Waals surface area contributed by atoms with Crippen LogP contribution in [0.5, 0.6) is 11.5 Å². The number of ether oxygens (including phenoxy) is 2. The maximum atomic E-state index is 14.1. The summed E-state index contributed by atoms with van der Waals surface area (Å²) in [7, 11) is 2.86. The summed E-state index contributed by atoms with van der Waals surface area (Å²) in [5.74, 6) is -0.426. The van der Waals surface area contributed by atoms with Gasteiger partial charge in [-0.3, -0.25) is 4.79 Å². The van der Waals surface area contributed by atoms with E-state index in [2.05, 4.69) is 0 Å². The van der Waals surface area contributed by atoms with E-state index >= 15 is 0 Å². The molecule has 0 aliphatic rings. The van der Waals surface area contributed by atoms with Crippen LogP contribution in [0.1, 0.15) is 27.0 Å². The van der Waals surface area contributed by atoms with E-state index in [9.17, 15) is 9.18 Å². The predicted octanol–water partition coefficient (Wildman–Crippen LogP) is 3.69. The molecule has 3 nitrogen and oxygen atoms in total. The molecule has 0 fully saturated rings. The average Bonchev–Trinajstić information content (AvgIpc) is 2.49. The number of rotatable bonds is 4. The predicted molar refractivity (Wildman–Crippen MR) is 78.9 cm³/mol. The first kappa shape index (κ1) is 15.0. The number of ketones is 1. The average molecular weight is 288 g/mol. The second-order valence-electron chi connectivity index (χ2n) is 4.82. The molecule has 110 valence electrons. The van der Waals surface area contributed by atoms with E-state index in [0.29, 0.717) is 11.3 Å². The van der Waals surface area contributed by atoms with Gasteiger partial charge in [-0.2, -0.15) is 0 Å². The Morgan fingerprint density at radius 3 is 2.14 bits per heavy atom. The topological polar surface area (TPSA) is 35.5 Å². The molecule has 0 aromatic heterocycles. The molecule has 0 radical (unpaired) electrons. The van der Waals surface area contributed by atoms with Gasteiger partial charge in [0.2, 0.25) is 0 Å². The highest BCUT2D eigenvalue weighted by Gasteiger charge is 2.18. The minimum absolute atomic E-state index is 0.0316. The van der Waals surface area contributed by atoms with Crippen molar-refractivity contribution in [1.82, 2.24) is 0 Å². The molecule has 0 saturated carbocycles. The van der Waals surface area contributed by atoms with Crippen LogP contribution in [0.15, 0.2) is 30.3 Å². The third-order valence-electron chi connectivity index (χ3n) is 3.49. The fourth-order valence-electron chi connectivity index (χ4n) is 2.07. The molecule has 2 aromatic carbocycles. The first-order valence-corrected chi connectivity index (χ1v) is 6.51. The summed E-state index contributed by atoms with van der Waals surface area (Å²) in [4.78, 5) is 12.5. The summed E-state index contributed by atoms with van der Waals surface area (Å²) in [6.45, 7) is 3.87. The number of aryl methyl sites for hydroxylation is 2. The summed E-state index contributed by atoms with van der Waals surface area (Å²) in [6, 6.07) is 7.83. The van der Waals surface area contributed by atoms with Crippen LogP contribution in [0.4, 0.5) is 4.39 Å². The van der Waals surface area contributed by atoms with E-state index in [4.69, 9.17) is 9.47 Å². The zero-order chi connectivity index (χ0) is 15.6. The summed E-state index contributed by atoms with van der Waals surface area (Å²) in [6.07, 6.45) is 0. The van der Waals surface area contributed by atoms with Crippen LogP contribution in [0, 0.1) is 19.7 Å². The third-order valence-corrected chi connectivity index (χ3v) is 3.49. The van der Waals surface area contributed by atoms with Crippen molar-refractivity contribution in [3.8, 4) is 11.5 Å². The molecular weight excluding hydrogens is 271 g/mol. The fourth-order valence-corrected chi connectivity index (χ4v) is 2.07. The van der Waals surface area contributed by atoms with Gasteiger partial charge in [0.25, 0.3) is 0 Å². The van der Waals surface area contributed by atoms with E-state index in [0.717, 1.165) is 17.2 Å². The molecule has 0 bridgehead atoms. The molecule has 2 rings (SSSR count). The van der Waals surface area contributed by atoms with Gasteiger partial charge >= 0.3 is 0 Å². The second-order valence-corrected chi connectivity index (χ2v) is 4.82. The highest BCUT2D eigenvalue weighted by atomic mass is 19.1. The van der Waals surface area contributed by atoms with Gasteiger partial charge in [-0.25, -0.2) is 4.39 Å². The van der Waals surface area contributed by atoms with Crippen molar-refractivity contribution in [2.45, 2.75) is 13.8 Å². The summed E-state index contributed by atoms with van der Waals surface area (Å²) < 4.78 is 24.2. The molecule has 0 saturated heterocycles. The molecule has 0 aliphatic carbocycles. The van der Waals surface area contributed by atoms with Crippen molar-refractivity contribution in [1.29, 1.82) is 0 Å². The number of carbonyl (C=O) groups excluding carboxylic acids is 1. The van der Waals surface area contributed by atoms with Gasteiger partial charge in [0.15, 0.2) is 17.3 Å². The number of halogens is 1. The molecule has 4 heteroatoms. The van der Waals surface area contributed by atoms with Crippen LogP contribution in [0.3, 0.4) is 0 Å². The number of methoxy groups -OCH3 is 2. The van der Waals surface area contributed by atoms with Crippen LogP contribution in [-0.4, -0.2) is 20.0 Å². The molecule has 0 unspecified atom stereocenters. The first-order valence-electron chi connectivity index (χ1n) is 6.51. The minimum Gasteiger partial charge on any atom is -0.493 e. The smallest absolute Gasteiger partial charge is 0.196 e. The van der Waals surface area contributed by atoms with Crippen molar-refractivity contribution in [3.05, 3.63) is 58.4 Å². The van der Waals surface area contributed by atoms with Crippen molar-refractivity contribution < 1.29 is 18.7 Å². The van der Waals surface area contributed by atoms with Gasteiger partial charge < -0.3 is 9.47 Å². The Morgan fingerprint density at radius 1 is 0.952 bits per heavy atom. The molecule has 0 heterocycles. The molecule has 0 spiro atoms. The van der Waals surface area contributed by atoms with Crippen LogP contribution in [-0.2, 0) is 0 Å². The lowest BCUT2D eigenvalue weighted by Gasteiger charge is -2.11. The van der Waals surface area contributed by atoms with Gasteiger partial charge in [-0.15, -0.1) is 0 Å². The molecule has 21 heavy (non-hydrogen) atoms. The van der Waals surface area contributed by atoms with Crippen LogP contribution < -0.4 is 9.47 Å². The first-order chi connectivity index (χ1) is 9.97. The number of benzene rings is 2. The fraction of sp³-hybridized carbons (Fsp3) is 0.235. The van der Waals surface area contributed by atoms with E-state index in [1.54, 1.807) is 12.1 Å². The van der Waals surface area contributed by atoms with Crippen LogP contribution in [0.25, 0.3) is 0 Å². The van der Waals surface area contributed by atoms with Gasteiger partial charge in [0.05, 0.1) is 19.8 Å². The lowest BCUT2D eigenvalue weighted by Crippen LogP contribution is -2.06. The Labute approximate surface area is 123 Å². The second kappa shape index (κ2) is 5.95. The third kappa shape index (κ3) is 2.89. The number of hydrogen-bond acceptors (Lipinski definition) is 3. The van der Waals surface area contributed by atoms with Crippen LogP contribution in [0.2, 0.25) is 0 Å². The lowest BCUT2D eigenvalue weighted by molar-refractivity contribution is 0.103. The van der Waals surface area contributed by atoms with Crippen molar-refractivity contribution in [2.24, 2.45) is 0 Å².